The van der Waals surface area contributed by atoms with Gasteiger partial charge >= 0.3 is 5.97 Å². The van der Waals surface area contributed by atoms with Crippen LogP contribution in [0.5, 0.6) is 5.75 Å². The predicted molar refractivity (Wildman–Crippen MR) is 86.6 cm³/mol. The molecule has 1 saturated carbocycles. The molecule has 3 nitrogen and oxygen atoms in total. The second-order valence-electron chi connectivity index (χ2n) is 5.67. The molecule has 0 amide bonds. The molecule has 0 aromatic heterocycles. The van der Waals surface area contributed by atoms with Crippen LogP contribution >= 0.6 is 11.8 Å². The molecule has 0 saturated heterocycles. The van der Waals surface area contributed by atoms with Gasteiger partial charge in [0.05, 0.1) is 12.5 Å². The largest absolute Gasteiger partial charge is 0.496 e. The van der Waals surface area contributed by atoms with E-state index in [2.05, 4.69) is 13.0 Å². The van der Waals surface area contributed by atoms with Crippen molar-refractivity contribution in [1.82, 2.24) is 0 Å². The summed E-state index contributed by atoms with van der Waals surface area (Å²) in [6.45, 7) is 2.09. The fourth-order valence-corrected chi connectivity index (χ4v) is 4.10. The summed E-state index contributed by atoms with van der Waals surface area (Å²) in [6, 6.07) is 4.09. The van der Waals surface area contributed by atoms with Gasteiger partial charge in [-0.15, -0.1) is 11.8 Å². The number of benzene rings is 1. The zero-order valence-electron chi connectivity index (χ0n) is 13.1. The van der Waals surface area contributed by atoms with Gasteiger partial charge in [-0.1, -0.05) is 26.2 Å². The van der Waals surface area contributed by atoms with Crippen LogP contribution in [0.4, 0.5) is 0 Å². The molecular weight excluding hydrogens is 284 g/mol. The van der Waals surface area contributed by atoms with E-state index in [0.717, 1.165) is 60.3 Å². The second kappa shape index (κ2) is 6.73. The molecule has 1 aromatic carbocycles. The van der Waals surface area contributed by atoms with Crippen molar-refractivity contribution in [1.29, 1.82) is 0 Å². The lowest BCUT2D eigenvalue weighted by Crippen LogP contribution is -2.38. The van der Waals surface area contributed by atoms with Gasteiger partial charge in [0.25, 0.3) is 0 Å². The maximum absolute atomic E-state index is 12.0. The van der Waals surface area contributed by atoms with Crippen LogP contribution in [0.1, 0.15) is 50.2 Å². The molecule has 1 aliphatic carbocycles. The van der Waals surface area contributed by atoms with E-state index < -0.39 is 11.4 Å². The highest BCUT2D eigenvalue weighted by molar-refractivity contribution is 7.98. The summed E-state index contributed by atoms with van der Waals surface area (Å²) in [5, 5.41) is 9.90. The second-order valence-corrected chi connectivity index (χ2v) is 6.51. The number of hydrogen-bond acceptors (Lipinski definition) is 3. The summed E-state index contributed by atoms with van der Waals surface area (Å²) in [5.41, 5.74) is 1.34. The summed E-state index contributed by atoms with van der Waals surface area (Å²) in [7, 11) is 1.66. The van der Waals surface area contributed by atoms with E-state index in [1.807, 2.05) is 12.3 Å². The van der Waals surface area contributed by atoms with Gasteiger partial charge in [0.15, 0.2) is 0 Å². The molecule has 1 aromatic rings. The number of methoxy groups -OCH3 is 1. The van der Waals surface area contributed by atoms with E-state index in [4.69, 9.17) is 4.74 Å². The van der Waals surface area contributed by atoms with E-state index in [-0.39, 0.29) is 0 Å². The maximum Gasteiger partial charge on any atom is 0.314 e. The SMILES string of the molecule is CCc1cc(SC)c(C2(C(=O)O)CCCCC2)cc1OC. The number of rotatable bonds is 5. The fraction of sp³-hybridized carbons (Fsp3) is 0.588. The Balaban J connectivity index is 2.61. The first-order chi connectivity index (χ1) is 10.1. The molecule has 1 fully saturated rings. The topological polar surface area (TPSA) is 46.5 Å². The molecule has 2 rings (SSSR count). The Morgan fingerprint density at radius 2 is 2.00 bits per heavy atom. The molecule has 0 aliphatic heterocycles. The Labute approximate surface area is 131 Å². The Bertz CT molecular complexity index is 519. The first-order valence-electron chi connectivity index (χ1n) is 7.57. The van der Waals surface area contributed by atoms with E-state index in [1.165, 1.54) is 0 Å². The zero-order chi connectivity index (χ0) is 15.5. The summed E-state index contributed by atoms with van der Waals surface area (Å²) < 4.78 is 5.49. The van der Waals surface area contributed by atoms with Crippen molar-refractivity contribution in [3.8, 4) is 5.75 Å². The number of aliphatic carboxylic acids is 1. The quantitative estimate of drug-likeness (QED) is 0.825. The molecule has 0 bridgehead atoms. The average molecular weight is 308 g/mol. The predicted octanol–water partition coefficient (Wildman–Crippen LogP) is 4.27. The molecular formula is C17H24O3S. The lowest BCUT2D eigenvalue weighted by atomic mass is 9.69. The Morgan fingerprint density at radius 3 is 2.48 bits per heavy atom. The van der Waals surface area contributed by atoms with Crippen molar-refractivity contribution in [2.75, 3.05) is 13.4 Å². The number of carbonyl (C=O) groups is 1. The van der Waals surface area contributed by atoms with Crippen molar-refractivity contribution in [2.24, 2.45) is 0 Å². The fourth-order valence-electron chi connectivity index (χ4n) is 3.36. The summed E-state index contributed by atoms with van der Waals surface area (Å²) >= 11 is 1.63. The molecule has 0 unspecified atom stereocenters. The molecule has 0 atom stereocenters. The average Bonchev–Trinajstić information content (AvgIpc) is 2.53. The van der Waals surface area contributed by atoms with Gasteiger partial charge < -0.3 is 9.84 Å². The molecule has 0 heterocycles. The minimum Gasteiger partial charge on any atom is -0.496 e. The van der Waals surface area contributed by atoms with Crippen molar-refractivity contribution < 1.29 is 14.6 Å². The molecule has 1 aliphatic rings. The molecule has 116 valence electrons. The van der Waals surface area contributed by atoms with Crippen LogP contribution < -0.4 is 4.74 Å². The molecule has 0 radical (unpaired) electrons. The highest BCUT2D eigenvalue weighted by Gasteiger charge is 2.43. The normalized spacial score (nSPS) is 17.5. The van der Waals surface area contributed by atoms with Gasteiger partial charge in [-0.25, -0.2) is 0 Å². The number of hydrogen-bond donors (Lipinski definition) is 1. The van der Waals surface area contributed by atoms with Crippen LogP contribution in [0.15, 0.2) is 17.0 Å². The molecule has 1 N–H and O–H groups in total. The van der Waals surface area contributed by atoms with Crippen LogP contribution in [0.25, 0.3) is 0 Å². The van der Waals surface area contributed by atoms with Gasteiger partial charge in [-0.05, 0) is 48.8 Å². The van der Waals surface area contributed by atoms with E-state index in [0.29, 0.717) is 0 Å². The number of carboxylic acid groups (broad SMARTS) is 1. The van der Waals surface area contributed by atoms with Gasteiger partial charge in [-0.2, -0.15) is 0 Å². The van der Waals surface area contributed by atoms with Crippen molar-refractivity contribution in [3.63, 3.8) is 0 Å². The first-order valence-corrected chi connectivity index (χ1v) is 8.80. The summed E-state index contributed by atoms with van der Waals surface area (Å²) in [6.07, 6.45) is 7.46. The molecule has 0 spiro atoms. The van der Waals surface area contributed by atoms with Crippen molar-refractivity contribution in [3.05, 3.63) is 23.3 Å². The Hall–Kier alpha value is -1.16. The lowest BCUT2D eigenvalue weighted by molar-refractivity contribution is -0.145. The van der Waals surface area contributed by atoms with Gasteiger partial charge in [0.1, 0.15) is 5.75 Å². The first kappa shape index (κ1) is 16.2. The molecule has 21 heavy (non-hydrogen) atoms. The minimum absolute atomic E-state index is 0.691. The van der Waals surface area contributed by atoms with Gasteiger partial charge in [0.2, 0.25) is 0 Å². The highest BCUT2D eigenvalue weighted by atomic mass is 32.2. The van der Waals surface area contributed by atoms with E-state index in [1.54, 1.807) is 18.9 Å². The summed E-state index contributed by atoms with van der Waals surface area (Å²) in [5.74, 6) is 0.125. The maximum atomic E-state index is 12.0. The monoisotopic (exact) mass is 308 g/mol. The Kier molecular flexibility index (Phi) is 5.20. The van der Waals surface area contributed by atoms with Crippen LogP contribution in [0, 0.1) is 0 Å². The third-order valence-electron chi connectivity index (χ3n) is 4.62. The van der Waals surface area contributed by atoms with Crippen LogP contribution in [0.2, 0.25) is 0 Å². The number of ether oxygens (including phenoxy) is 1. The third kappa shape index (κ3) is 2.91. The van der Waals surface area contributed by atoms with Gasteiger partial charge in [0, 0.05) is 4.90 Å². The van der Waals surface area contributed by atoms with Crippen LogP contribution in [-0.4, -0.2) is 24.4 Å². The van der Waals surface area contributed by atoms with Crippen molar-refractivity contribution in [2.45, 2.75) is 55.8 Å². The minimum atomic E-state index is -0.740. The standard InChI is InChI=1S/C17H24O3S/c1-4-12-10-15(21-3)13(11-14(12)20-2)17(16(18)19)8-6-5-7-9-17/h10-11H,4-9H2,1-3H3,(H,18,19). The van der Waals surface area contributed by atoms with Crippen LogP contribution in [-0.2, 0) is 16.6 Å². The van der Waals surface area contributed by atoms with Gasteiger partial charge in [-0.3, -0.25) is 4.79 Å². The number of carboxylic acids is 1. The van der Waals surface area contributed by atoms with E-state index >= 15 is 0 Å². The smallest absolute Gasteiger partial charge is 0.314 e. The van der Waals surface area contributed by atoms with Crippen LogP contribution in [0.3, 0.4) is 0 Å². The number of aryl methyl sites for hydroxylation is 1. The zero-order valence-corrected chi connectivity index (χ0v) is 13.9. The number of thioether (sulfide) groups is 1. The highest BCUT2D eigenvalue weighted by Crippen LogP contribution is 2.45. The summed E-state index contributed by atoms with van der Waals surface area (Å²) in [4.78, 5) is 13.1. The lowest BCUT2D eigenvalue weighted by Gasteiger charge is -2.35. The van der Waals surface area contributed by atoms with Crippen molar-refractivity contribution >= 4 is 17.7 Å². The Morgan fingerprint density at radius 1 is 1.33 bits per heavy atom. The molecule has 4 heteroatoms. The third-order valence-corrected chi connectivity index (χ3v) is 5.39. The van der Waals surface area contributed by atoms with E-state index in [9.17, 15) is 9.90 Å².